The second kappa shape index (κ2) is 2.31. The number of hydrogen-bond acceptors (Lipinski definition) is 2. The van der Waals surface area contributed by atoms with Crippen LogP contribution in [0.2, 0.25) is 0 Å². The van der Waals surface area contributed by atoms with Crippen molar-refractivity contribution >= 4 is 6.29 Å². The summed E-state index contributed by atoms with van der Waals surface area (Å²) in [5, 5.41) is 0. The summed E-state index contributed by atoms with van der Waals surface area (Å²) >= 11 is 0. The van der Waals surface area contributed by atoms with Gasteiger partial charge in [0.2, 0.25) is 0 Å². The molecule has 0 atom stereocenters. The molecule has 1 aliphatic rings. The first kappa shape index (κ1) is 5.09. The summed E-state index contributed by atoms with van der Waals surface area (Å²) < 4.78 is 4.74. The summed E-state index contributed by atoms with van der Waals surface area (Å²) in [7, 11) is 0. The maximum absolute atomic E-state index is 9.93. The van der Waals surface area contributed by atoms with Crippen LogP contribution < -0.4 is 0 Å². The lowest BCUT2D eigenvalue weighted by molar-refractivity contribution is -0.107. The number of carbonyl (C=O) groups excluding carboxylic acids is 1. The zero-order chi connectivity index (χ0) is 5.82. The van der Waals surface area contributed by atoms with Crippen molar-refractivity contribution < 1.29 is 9.53 Å². The summed E-state index contributed by atoms with van der Waals surface area (Å²) in [5.41, 5.74) is 0. The second-order valence-corrected chi connectivity index (χ2v) is 1.45. The molecule has 0 N–H and O–H groups in total. The number of rotatable bonds is 1. The van der Waals surface area contributed by atoms with Gasteiger partial charge in [-0.1, -0.05) is 0 Å². The first-order valence-corrected chi connectivity index (χ1v) is 2.40. The fraction of sp³-hybridized carbons (Fsp3) is 0.167. The van der Waals surface area contributed by atoms with E-state index in [0.717, 1.165) is 6.42 Å². The second-order valence-electron chi connectivity index (χ2n) is 1.45. The predicted octanol–water partition coefficient (Wildman–Crippen LogP) is 1.00. The Morgan fingerprint density at radius 1 is 1.75 bits per heavy atom. The molecule has 0 bridgehead atoms. The zero-order valence-corrected chi connectivity index (χ0v) is 4.33. The minimum Gasteiger partial charge on any atom is -0.462 e. The van der Waals surface area contributed by atoms with Crippen LogP contribution in [0.25, 0.3) is 0 Å². The molecule has 0 radical (unpaired) electrons. The van der Waals surface area contributed by atoms with Crippen LogP contribution in [0.15, 0.2) is 24.2 Å². The van der Waals surface area contributed by atoms with E-state index in [0.29, 0.717) is 12.0 Å². The van der Waals surface area contributed by atoms with Gasteiger partial charge in [-0.2, -0.15) is 0 Å². The lowest BCUT2D eigenvalue weighted by atomic mass is 10.3. The molecule has 0 aromatic rings. The Morgan fingerprint density at radius 2 is 2.62 bits per heavy atom. The minimum atomic E-state index is 0.410. The summed E-state index contributed by atoms with van der Waals surface area (Å²) in [5.74, 6) is 0.410. The van der Waals surface area contributed by atoms with Gasteiger partial charge in [0.15, 0.2) is 12.0 Å². The normalized spacial score (nSPS) is 16.8. The van der Waals surface area contributed by atoms with Gasteiger partial charge in [-0.3, -0.25) is 4.79 Å². The Labute approximate surface area is 47.5 Å². The van der Waals surface area contributed by atoms with Crippen LogP contribution >= 0.6 is 0 Å². The van der Waals surface area contributed by atoms with Crippen molar-refractivity contribution in [3.8, 4) is 0 Å². The van der Waals surface area contributed by atoms with E-state index >= 15 is 0 Å². The number of ether oxygens (including phenoxy) is 1. The maximum Gasteiger partial charge on any atom is 0.184 e. The van der Waals surface area contributed by atoms with Crippen LogP contribution in [0.4, 0.5) is 0 Å². The van der Waals surface area contributed by atoms with Crippen LogP contribution in [0.3, 0.4) is 0 Å². The third-order valence-electron chi connectivity index (χ3n) is 0.872. The van der Waals surface area contributed by atoms with E-state index in [-0.39, 0.29) is 0 Å². The van der Waals surface area contributed by atoms with Crippen LogP contribution in [-0.2, 0) is 9.53 Å². The van der Waals surface area contributed by atoms with Crippen molar-refractivity contribution in [3.05, 3.63) is 24.2 Å². The van der Waals surface area contributed by atoms with Crippen LogP contribution in [0.5, 0.6) is 0 Å². The SMILES string of the molecule is O=CC1=CCC=CO1. The summed E-state index contributed by atoms with van der Waals surface area (Å²) in [6, 6.07) is 0. The Kier molecular flexibility index (Phi) is 1.47. The first-order chi connectivity index (χ1) is 3.93. The van der Waals surface area contributed by atoms with E-state index in [4.69, 9.17) is 4.74 Å². The van der Waals surface area contributed by atoms with Gasteiger partial charge >= 0.3 is 0 Å². The lowest BCUT2D eigenvalue weighted by Gasteiger charge is -2.00. The maximum atomic E-state index is 9.93. The van der Waals surface area contributed by atoms with Gasteiger partial charge in [-0.25, -0.2) is 0 Å². The summed E-state index contributed by atoms with van der Waals surface area (Å²) in [4.78, 5) is 9.93. The molecule has 1 heterocycles. The van der Waals surface area contributed by atoms with Crippen molar-refractivity contribution in [2.45, 2.75) is 6.42 Å². The Balaban J connectivity index is 2.55. The standard InChI is InChI=1S/C6H6O2/c7-5-6-3-1-2-4-8-6/h2-5H,1H2. The molecule has 0 aliphatic carbocycles. The van der Waals surface area contributed by atoms with Crippen LogP contribution in [0, 0.1) is 0 Å². The fourth-order valence-corrected chi connectivity index (χ4v) is 0.490. The largest absolute Gasteiger partial charge is 0.462 e. The van der Waals surface area contributed by atoms with E-state index in [1.807, 2.05) is 6.08 Å². The van der Waals surface area contributed by atoms with Gasteiger partial charge in [-0.15, -0.1) is 0 Å². The van der Waals surface area contributed by atoms with Crippen molar-refractivity contribution in [2.75, 3.05) is 0 Å². The highest BCUT2D eigenvalue weighted by Gasteiger charge is 1.94. The molecule has 0 fully saturated rings. The molecule has 8 heavy (non-hydrogen) atoms. The molecule has 0 aromatic heterocycles. The van der Waals surface area contributed by atoms with E-state index in [9.17, 15) is 4.79 Å². The monoisotopic (exact) mass is 110 g/mol. The van der Waals surface area contributed by atoms with E-state index in [1.165, 1.54) is 6.26 Å². The third kappa shape index (κ3) is 0.964. The van der Waals surface area contributed by atoms with Crippen molar-refractivity contribution in [1.29, 1.82) is 0 Å². The average Bonchev–Trinajstić information content (AvgIpc) is 1.90. The van der Waals surface area contributed by atoms with Crippen molar-refractivity contribution in [3.63, 3.8) is 0 Å². The van der Waals surface area contributed by atoms with E-state index in [2.05, 4.69) is 0 Å². The van der Waals surface area contributed by atoms with Gasteiger partial charge in [0.25, 0.3) is 0 Å². The minimum absolute atomic E-state index is 0.410. The Morgan fingerprint density at radius 3 is 3.00 bits per heavy atom. The molecule has 0 unspecified atom stereocenters. The quantitative estimate of drug-likeness (QED) is 0.471. The van der Waals surface area contributed by atoms with Gasteiger partial charge in [-0.05, 0) is 18.6 Å². The lowest BCUT2D eigenvalue weighted by Crippen LogP contribution is -1.89. The smallest absolute Gasteiger partial charge is 0.184 e. The number of aldehydes is 1. The van der Waals surface area contributed by atoms with Crippen LogP contribution in [0.1, 0.15) is 6.42 Å². The van der Waals surface area contributed by atoms with Gasteiger partial charge in [0.1, 0.15) is 0 Å². The Bertz CT molecular complexity index is 145. The number of allylic oxidation sites excluding steroid dienone is 3. The highest BCUT2D eigenvalue weighted by atomic mass is 16.5. The summed E-state index contributed by atoms with van der Waals surface area (Å²) in [6.45, 7) is 0. The number of carbonyl (C=O) groups is 1. The summed E-state index contributed by atoms with van der Waals surface area (Å²) in [6.07, 6.45) is 6.58. The fourth-order valence-electron chi connectivity index (χ4n) is 0.490. The molecule has 2 nitrogen and oxygen atoms in total. The molecule has 42 valence electrons. The van der Waals surface area contributed by atoms with Gasteiger partial charge < -0.3 is 4.74 Å². The molecular formula is C6H6O2. The Hall–Kier alpha value is -1.05. The van der Waals surface area contributed by atoms with E-state index < -0.39 is 0 Å². The van der Waals surface area contributed by atoms with Crippen LogP contribution in [-0.4, -0.2) is 6.29 Å². The highest BCUT2D eigenvalue weighted by molar-refractivity contribution is 5.70. The highest BCUT2D eigenvalue weighted by Crippen LogP contribution is 2.03. The molecule has 1 rings (SSSR count). The number of hydrogen-bond donors (Lipinski definition) is 0. The van der Waals surface area contributed by atoms with Gasteiger partial charge in [0, 0.05) is 0 Å². The first-order valence-electron chi connectivity index (χ1n) is 2.40. The zero-order valence-electron chi connectivity index (χ0n) is 4.33. The molecule has 0 saturated carbocycles. The molecule has 0 amide bonds. The third-order valence-corrected chi connectivity index (χ3v) is 0.872. The molecule has 1 aliphatic heterocycles. The van der Waals surface area contributed by atoms with Crippen molar-refractivity contribution in [2.24, 2.45) is 0 Å². The van der Waals surface area contributed by atoms with Crippen molar-refractivity contribution in [1.82, 2.24) is 0 Å². The predicted molar refractivity (Wildman–Crippen MR) is 29.0 cm³/mol. The molecule has 2 heteroatoms. The molecular weight excluding hydrogens is 104 g/mol. The van der Waals surface area contributed by atoms with Gasteiger partial charge in [0.05, 0.1) is 6.26 Å². The topological polar surface area (TPSA) is 26.3 Å². The molecule has 0 aromatic carbocycles. The van der Waals surface area contributed by atoms with E-state index in [1.54, 1.807) is 6.08 Å². The molecule has 0 spiro atoms. The average molecular weight is 110 g/mol. The molecule has 0 saturated heterocycles.